The Morgan fingerprint density at radius 3 is 2.28 bits per heavy atom. The van der Waals surface area contributed by atoms with E-state index in [1.807, 2.05) is 0 Å². The van der Waals surface area contributed by atoms with E-state index in [2.05, 4.69) is 5.32 Å². The Balaban J connectivity index is 2.79. The molecule has 1 amide bonds. The van der Waals surface area contributed by atoms with E-state index < -0.39 is 29.4 Å². The average Bonchev–Trinajstić information content (AvgIpc) is 2.24. The van der Waals surface area contributed by atoms with Crippen molar-refractivity contribution in [3.05, 3.63) is 35.1 Å². The second-order valence-corrected chi connectivity index (χ2v) is 4.36. The lowest BCUT2D eigenvalue weighted by Gasteiger charge is -2.19. The first-order chi connectivity index (χ1) is 8.32. The third kappa shape index (κ3) is 3.46. The van der Waals surface area contributed by atoms with Crippen molar-refractivity contribution >= 4 is 5.91 Å². The van der Waals surface area contributed by atoms with Gasteiger partial charge in [0.15, 0.2) is 11.6 Å². The molecule has 3 nitrogen and oxygen atoms in total. The van der Waals surface area contributed by atoms with E-state index in [0.29, 0.717) is 6.07 Å². The van der Waals surface area contributed by atoms with E-state index >= 15 is 0 Å². The molecular formula is C12H15F3N2O. The molecule has 1 atom stereocenters. The summed E-state index contributed by atoms with van der Waals surface area (Å²) in [5.41, 5.74) is 5.11. The van der Waals surface area contributed by atoms with E-state index in [4.69, 9.17) is 5.73 Å². The minimum Gasteiger partial charge on any atom is -0.368 e. The fourth-order valence-corrected chi connectivity index (χ4v) is 1.58. The zero-order valence-corrected chi connectivity index (χ0v) is 10.1. The van der Waals surface area contributed by atoms with Crippen LogP contribution in [0.4, 0.5) is 13.2 Å². The number of carbonyl (C=O) groups is 1. The first-order valence-electron chi connectivity index (χ1n) is 5.49. The molecule has 1 aromatic rings. The molecule has 0 radical (unpaired) electrons. The van der Waals surface area contributed by atoms with Crippen molar-refractivity contribution in [2.24, 2.45) is 11.7 Å². The predicted octanol–water partition coefficient (Wildman–Crippen LogP) is 1.70. The van der Waals surface area contributed by atoms with Gasteiger partial charge in [0.25, 0.3) is 0 Å². The number of halogens is 3. The normalized spacial score (nSPS) is 12.8. The molecule has 0 heterocycles. The Kier molecular flexibility index (Phi) is 4.72. The highest BCUT2D eigenvalue weighted by atomic mass is 19.2. The van der Waals surface area contributed by atoms with Crippen molar-refractivity contribution in [1.82, 2.24) is 5.32 Å². The van der Waals surface area contributed by atoms with E-state index in [1.54, 1.807) is 13.8 Å². The molecule has 100 valence electrons. The molecule has 0 saturated heterocycles. The van der Waals surface area contributed by atoms with Crippen LogP contribution in [-0.2, 0) is 11.3 Å². The van der Waals surface area contributed by atoms with Crippen molar-refractivity contribution in [1.29, 1.82) is 0 Å². The van der Waals surface area contributed by atoms with Crippen molar-refractivity contribution in [3.8, 4) is 0 Å². The van der Waals surface area contributed by atoms with Gasteiger partial charge in [0.05, 0.1) is 6.04 Å². The Morgan fingerprint density at radius 1 is 1.22 bits per heavy atom. The molecule has 0 aliphatic rings. The summed E-state index contributed by atoms with van der Waals surface area (Å²) < 4.78 is 39.0. The smallest absolute Gasteiger partial charge is 0.234 e. The molecule has 1 rings (SSSR count). The van der Waals surface area contributed by atoms with Gasteiger partial charge in [-0.25, -0.2) is 13.2 Å². The lowest BCUT2D eigenvalue weighted by atomic mass is 10.0. The van der Waals surface area contributed by atoms with Crippen LogP contribution in [0, 0.1) is 23.4 Å². The summed E-state index contributed by atoms with van der Waals surface area (Å²) in [7, 11) is 0. The minimum atomic E-state index is -1.24. The fourth-order valence-electron chi connectivity index (χ4n) is 1.58. The van der Waals surface area contributed by atoms with E-state index in [0.717, 1.165) is 6.07 Å². The maximum atomic E-state index is 13.3. The lowest BCUT2D eigenvalue weighted by molar-refractivity contribution is -0.121. The third-order valence-electron chi connectivity index (χ3n) is 2.57. The van der Waals surface area contributed by atoms with Gasteiger partial charge in [-0.2, -0.15) is 0 Å². The Hall–Kier alpha value is -1.56. The van der Waals surface area contributed by atoms with Crippen LogP contribution < -0.4 is 11.1 Å². The fraction of sp³-hybridized carbons (Fsp3) is 0.417. The first kappa shape index (κ1) is 14.5. The van der Waals surface area contributed by atoms with Crippen molar-refractivity contribution in [2.45, 2.75) is 26.4 Å². The quantitative estimate of drug-likeness (QED) is 0.792. The number of rotatable bonds is 5. The Labute approximate surface area is 103 Å². The summed E-state index contributed by atoms with van der Waals surface area (Å²) in [6, 6.07) is 0.578. The second kappa shape index (κ2) is 5.86. The molecular weight excluding hydrogens is 245 g/mol. The summed E-state index contributed by atoms with van der Waals surface area (Å²) in [4.78, 5) is 11.1. The van der Waals surface area contributed by atoms with Crippen LogP contribution in [0.15, 0.2) is 12.1 Å². The third-order valence-corrected chi connectivity index (χ3v) is 2.57. The molecule has 0 saturated carbocycles. The van der Waals surface area contributed by atoms with Gasteiger partial charge in [0.1, 0.15) is 5.82 Å². The Morgan fingerprint density at radius 2 is 1.78 bits per heavy atom. The van der Waals surface area contributed by atoms with Crippen LogP contribution in [-0.4, -0.2) is 11.9 Å². The zero-order chi connectivity index (χ0) is 13.9. The lowest BCUT2D eigenvalue weighted by Crippen LogP contribution is -2.44. The molecule has 0 bridgehead atoms. The molecule has 0 fully saturated rings. The highest BCUT2D eigenvalue weighted by Crippen LogP contribution is 2.14. The largest absolute Gasteiger partial charge is 0.368 e. The van der Waals surface area contributed by atoms with Crippen molar-refractivity contribution in [2.75, 3.05) is 0 Å². The van der Waals surface area contributed by atoms with Crippen LogP contribution in [0.1, 0.15) is 19.4 Å². The van der Waals surface area contributed by atoms with Gasteiger partial charge in [-0.3, -0.25) is 4.79 Å². The number of carbonyl (C=O) groups excluding carboxylic acids is 1. The molecule has 3 N–H and O–H groups in total. The average molecular weight is 260 g/mol. The van der Waals surface area contributed by atoms with Crippen LogP contribution in [0.2, 0.25) is 0 Å². The maximum Gasteiger partial charge on any atom is 0.234 e. The van der Waals surface area contributed by atoms with E-state index in [9.17, 15) is 18.0 Å². The number of amides is 1. The molecule has 1 aromatic carbocycles. The molecule has 18 heavy (non-hydrogen) atoms. The molecule has 0 aliphatic heterocycles. The summed E-state index contributed by atoms with van der Waals surface area (Å²) in [6.45, 7) is 3.43. The Bertz CT molecular complexity index is 449. The summed E-state index contributed by atoms with van der Waals surface area (Å²) in [5.74, 6) is -3.91. The van der Waals surface area contributed by atoms with Gasteiger partial charge >= 0.3 is 0 Å². The van der Waals surface area contributed by atoms with Crippen LogP contribution in [0.25, 0.3) is 0 Å². The van der Waals surface area contributed by atoms with Crippen LogP contribution >= 0.6 is 0 Å². The number of primary amides is 1. The number of nitrogens with two attached hydrogens (primary N) is 1. The standard InChI is InChI=1S/C12H15F3N2O/c1-6(2)11(12(16)18)17-5-7-3-9(14)10(15)4-8(7)13/h3-4,6,11,17H,5H2,1-2H3,(H2,16,18). The number of benzene rings is 1. The topological polar surface area (TPSA) is 55.1 Å². The zero-order valence-electron chi connectivity index (χ0n) is 10.1. The van der Waals surface area contributed by atoms with Gasteiger partial charge in [-0.15, -0.1) is 0 Å². The molecule has 6 heteroatoms. The summed E-state index contributed by atoms with van der Waals surface area (Å²) in [6.07, 6.45) is 0. The highest BCUT2D eigenvalue weighted by Gasteiger charge is 2.19. The van der Waals surface area contributed by atoms with E-state index in [-0.39, 0.29) is 18.0 Å². The number of hydrogen-bond donors (Lipinski definition) is 2. The van der Waals surface area contributed by atoms with Crippen LogP contribution in [0.5, 0.6) is 0 Å². The SMILES string of the molecule is CC(C)C(NCc1cc(F)c(F)cc1F)C(N)=O. The highest BCUT2D eigenvalue weighted by molar-refractivity contribution is 5.80. The van der Waals surface area contributed by atoms with Gasteiger partial charge in [0, 0.05) is 18.2 Å². The summed E-state index contributed by atoms with van der Waals surface area (Å²) in [5, 5.41) is 2.72. The second-order valence-electron chi connectivity index (χ2n) is 4.36. The molecule has 0 spiro atoms. The monoisotopic (exact) mass is 260 g/mol. The van der Waals surface area contributed by atoms with Crippen molar-refractivity contribution in [3.63, 3.8) is 0 Å². The van der Waals surface area contributed by atoms with Gasteiger partial charge < -0.3 is 11.1 Å². The summed E-state index contributed by atoms with van der Waals surface area (Å²) >= 11 is 0. The number of hydrogen-bond acceptors (Lipinski definition) is 2. The van der Waals surface area contributed by atoms with Crippen molar-refractivity contribution < 1.29 is 18.0 Å². The number of nitrogens with one attached hydrogen (secondary N) is 1. The van der Waals surface area contributed by atoms with Crippen LogP contribution in [0.3, 0.4) is 0 Å². The predicted molar refractivity (Wildman–Crippen MR) is 61.0 cm³/mol. The van der Waals surface area contributed by atoms with Gasteiger partial charge in [-0.05, 0) is 12.0 Å². The minimum absolute atomic E-state index is 0.0548. The van der Waals surface area contributed by atoms with Gasteiger partial charge in [-0.1, -0.05) is 13.8 Å². The van der Waals surface area contributed by atoms with Gasteiger partial charge in [0.2, 0.25) is 5.91 Å². The maximum absolute atomic E-state index is 13.3. The molecule has 1 unspecified atom stereocenters. The molecule has 0 aliphatic carbocycles. The van der Waals surface area contributed by atoms with E-state index in [1.165, 1.54) is 0 Å². The first-order valence-corrected chi connectivity index (χ1v) is 5.49. The molecule has 0 aromatic heterocycles.